The van der Waals surface area contributed by atoms with Crippen LogP contribution in [0.4, 0.5) is 4.39 Å². The van der Waals surface area contributed by atoms with E-state index in [1.165, 1.54) is 12.1 Å². The molecule has 4 nitrogen and oxygen atoms in total. The summed E-state index contributed by atoms with van der Waals surface area (Å²) in [6.07, 6.45) is 2.13. The van der Waals surface area contributed by atoms with Gasteiger partial charge in [0, 0.05) is 18.2 Å². The topological polar surface area (TPSA) is 51.5 Å². The number of nitrogens with zero attached hydrogens (tertiary/aromatic N) is 1. The molecular weight excluding hydrogens is 249 g/mol. The number of benzene rings is 1. The molecule has 98 valence electrons. The first-order valence-electron chi connectivity index (χ1n) is 5.97. The van der Waals surface area contributed by atoms with Crippen molar-refractivity contribution in [2.24, 2.45) is 0 Å². The van der Waals surface area contributed by atoms with Gasteiger partial charge in [0.15, 0.2) is 0 Å². The Morgan fingerprint density at radius 3 is 3.11 bits per heavy atom. The molecule has 5 heteroatoms. The third kappa shape index (κ3) is 2.19. The molecule has 1 aromatic heterocycles. The Kier molecular flexibility index (Phi) is 2.74. The second-order valence-corrected chi connectivity index (χ2v) is 4.55. The van der Waals surface area contributed by atoms with Gasteiger partial charge in [0.25, 0.3) is 0 Å². The first-order chi connectivity index (χ1) is 9.13. The van der Waals surface area contributed by atoms with Gasteiger partial charge in [-0.1, -0.05) is 0 Å². The molecular formula is C14H12FNO3. The van der Waals surface area contributed by atoms with Gasteiger partial charge in [0.2, 0.25) is 0 Å². The minimum Gasteiger partial charge on any atom is -0.488 e. The van der Waals surface area contributed by atoms with Crippen molar-refractivity contribution in [3.8, 4) is 5.75 Å². The van der Waals surface area contributed by atoms with Crippen molar-refractivity contribution in [3.63, 3.8) is 0 Å². The zero-order chi connectivity index (χ0) is 13.4. The molecule has 1 aromatic carbocycles. The van der Waals surface area contributed by atoms with Crippen LogP contribution in [0.15, 0.2) is 36.5 Å². The summed E-state index contributed by atoms with van der Waals surface area (Å²) < 4.78 is 20.4. The van der Waals surface area contributed by atoms with E-state index in [0.717, 1.165) is 5.56 Å². The molecule has 1 unspecified atom stereocenters. The van der Waals surface area contributed by atoms with Crippen LogP contribution in [-0.2, 0) is 13.0 Å². The van der Waals surface area contributed by atoms with E-state index in [1.54, 1.807) is 29.0 Å². The average molecular weight is 261 g/mol. The fourth-order valence-corrected chi connectivity index (χ4v) is 2.38. The summed E-state index contributed by atoms with van der Waals surface area (Å²) in [6.45, 7) is 0.435. The van der Waals surface area contributed by atoms with Crippen molar-refractivity contribution in [2.45, 2.75) is 19.1 Å². The van der Waals surface area contributed by atoms with Crippen LogP contribution in [0.5, 0.6) is 5.75 Å². The summed E-state index contributed by atoms with van der Waals surface area (Å²) in [7, 11) is 0. The Hall–Kier alpha value is -2.30. The van der Waals surface area contributed by atoms with Crippen LogP contribution in [0.25, 0.3) is 0 Å². The molecule has 2 aromatic rings. The second kappa shape index (κ2) is 4.42. The Morgan fingerprint density at radius 2 is 2.32 bits per heavy atom. The van der Waals surface area contributed by atoms with Gasteiger partial charge in [-0.2, -0.15) is 0 Å². The first-order valence-corrected chi connectivity index (χ1v) is 5.97. The maximum Gasteiger partial charge on any atom is 0.352 e. The molecule has 0 saturated heterocycles. The van der Waals surface area contributed by atoms with Crippen LogP contribution < -0.4 is 4.74 Å². The summed E-state index contributed by atoms with van der Waals surface area (Å²) >= 11 is 0. The number of aromatic carboxylic acids is 1. The van der Waals surface area contributed by atoms with Gasteiger partial charge in [0.1, 0.15) is 23.4 Å². The van der Waals surface area contributed by atoms with Gasteiger partial charge in [-0.25, -0.2) is 9.18 Å². The fraction of sp³-hybridized carbons (Fsp3) is 0.214. The van der Waals surface area contributed by atoms with Gasteiger partial charge >= 0.3 is 5.97 Å². The molecule has 0 radical (unpaired) electrons. The second-order valence-electron chi connectivity index (χ2n) is 4.55. The van der Waals surface area contributed by atoms with Crippen molar-refractivity contribution in [3.05, 3.63) is 53.6 Å². The van der Waals surface area contributed by atoms with Crippen LogP contribution in [0.1, 0.15) is 16.1 Å². The molecule has 1 atom stereocenters. The number of carbonyl (C=O) groups is 1. The van der Waals surface area contributed by atoms with E-state index in [9.17, 15) is 9.18 Å². The molecule has 2 heterocycles. The zero-order valence-corrected chi connectivity index (χ0v) is 10.0. The highest BCUT2D eigenvalue weighted by Gasteiger charge is 2.24. The van der Waals surface area contributed by atoms with E-state index in [4.69, 9.17) is 9.84 Å². The SMILES string of the molecule is O=C(O)c1cccn1CC1Cc2cc(F)ccc2O1. The number of halogens is 1. The van der Waals surface area contributed by atoms with Crippen LogP contribution in [0.3, 0.4) is 0 Å². The lowest BCUT2D eigenvalue weighted by atomic mass is 10.1. The number of fused-ring (bicyclic) bond motifs is 1. The summed E-state index contributed by atoms with van der Waals surface area (Å²) in [4.78, 5) is 11.0. The minimum atomic E-state index is -0.966. The van der Waals surface area contributed by atoms with Crippen molar-refractivity contribution in [1.82, 2.24) is 4.57 Å². The third-order valence-electron chi connectivity index (χ3n) is 3.21. The highest BCUT2D eigenvalue weighted by atomic mass is 19.1. The molecule has 0 aliphatic carbocycles. The van der Waals surface area contributed by atoms with Gasteiger partial charge < -0.3 is 14.4 Å². The molecule has 0 amide bonds. The number of carboxylic acid groups (broad SMARTS) is 1. The summed E-state index contributed by atoms with van der Waals surface area (Å²) in [5.41, 5.74) is 1.06. The largest absolute Gasteiger partial charge is 0.488 e. The predicted molar refractivity (Wildman–Crippen MR) is 65.9 cm³/mol. The summed E-state index contributed by atoms with van der Waals surface area (Å²) in [5, 5.41) is 9.03. The quantitative estimate of drug-likeness (QED) is 0.922. The normalized spacial score (nSPS) is 17.0. The van der Waals surface area contributed by atoms with Crippen molar-refractivity contribution in [1.29, 1.82) is 0 Å². The van der Waals surface area contributed by atoms with Crippen LogP contribution >= 0.6 is 0 Å². The van der Waals surface area contributed by atoms with Gasteiger partial charge in [-0.05, 0) is 30.3 Å². The van der Waals surface area contributed by atoms with E-state index >= 15 is 0 Å². The van der Waals surface area contributed by atoms with E-state index in [-0.39, 0.29) is 17.6 Å². The summed E-state index contributed by atoms with van der Waals surface area (Å²) in [6, 6.07) is 7.66. The molecule has 0 spiro atoms. The smallest absolute Gasteiger partial charge is 0.352 e. The highest BCUT2D eigenvalue weighted by Crippen LogP contribution is 2.30. The standard InChI is InChI=1S/C14H12FNO3/c15-10-3-4-13-9(6-10)7-11(19-13)8-16-5-1-2-12(16)14(17)18/h1-6,11H,7-8H2,(H,17,18). The Balaban J connectivity index is 1.77. The molecule has 19 heavy (non-hydrogen) atoms. The van der Waals surface area contributed by atoms with Crippen molar-refractivity contribution >= 4 is 5.97 Å². The Morgan fingerprint density at radius 1 is 1.47 bits per heavy atom. The number of carboxylic acids is 1. The molecule has 3 rings (SSSR count). The number of hydrogen-bond donors (Lipinski definition) is 1. The van der Waals surface area contributed by atoms with E-state index in [0.29, 0.717) is 18.7 Å². The molecule has 1 aliphatic rings. The summed E-state index contributed by atoms with van der Waals surface area (Å²) in [5.74, 6) is -0.572. The number of aromatic nitrogens is 1. The first kappa shape index (κ1) is 11.8. The van der Waals surface area contributed by atoms with Crippen LogP contribution in [0.2, 0.25) is 0 Å². The number of rotatable bonds is 3. The molecule has 0 bridgehead atoms. The van der Waals surface area contributed by atoms with Gasteiger partial charge in [-0.15, -0.1) is 0 Å². The fourth-order valence-electron chi connectivity index (χ4n) is 2.38. The number of hydrogen-bond acceptors (Lipinski definition) is 2. The predicted octanol–water partition coefficient (Wildman–Crippen LogP) is 2.33. The molecule has 1 aliphatic heterocycles. The van der Waals surface area contributed by atoms with Crippen LogP contribution in [0, 0.1) is 5.82 Å². The Bertz CT molecular complexity index is 635. The Labute approximate surface area is 109 Å². The zero-order valence-electron chi connectivity index (χ0n) is 10.0. The highest BCUT2D eigenvalue weighted by molar-refractivity contribution is 5.85. The monoisotopic (exact) mass is 261 g/mol. The minimum absolute atomic E-state index is 0.165. The lowest BCUT2D eigenvalue weighted by Crippen LogP contribution is -2.22. The maximum atomic E-state index is 13.1. The van der Waals surface area contributed by atoms with E-state index in [2.05, 4.69) is 0 Å². The molecule has 0 fully saturated rings. The van der Waals surface area contributed by atoms with E-state index < -0.39 is 5.97 Å². The lowest BCUT2D eigenvalue weighted by Gasteiger charge is -2.13. The maximum absolute atomic E-state index is 13.1. The van der Waals surface area contributed by atoms with Gasteiger partial charge in [0.05, 0.1) is 6.54 Å². The molecule has 1 N–H and O–H groups in total. The molecule has 0 saturated carbocycles. The van der Waals surface area contributed by atoms with Gasteiger partial charge in [-0.3, -0.25) is 0 Å². The van der Waals surface area contributed by atoms with Crippen LogP contribution in [-0.4, -0.2) is 21.7 Å². The van der Waals surface area contributed by atoms with Crippen molar-refractivity contribution in [2.75, 3.05) is 0 Å². The average Bonchev–Trinajstić information content (AvgIpc) is 2.95. The third-order valence-corrected chi connectivity index (χ3v) is 3.21. The van der Waals surface area contributed by atoms with E-state index in [1.807, 2.05) is 0 Å². The number of ether oxygens (including phenoxy) is 1. The lowest BCUT2D eigenvalue weighted by molar-refractivity contribution is 0.0682. The van der Waals surface area contributed by atoms with Crippen molar-refractivity contribution < 1.29 is 19.0 Å².